The number of nitrogens with one attached hydrogen (secondary N) is 3. The molecule has 0 radical (unpaired) electrons. The predicted molar refractivity (Wildman–Crippen MR) is 110 cm³/mol. The quantitative estimate of drug-likeness (QED) is 0.490. The number of aliphatic imine (C=N–C) groups is 1. The molecule has 1 heterocycles. The number of guanidine groups is 1. The fraction of sp³-hybridized carbons (Fsp3) is 0.619. The second-order valence-corrected chi connectivity index (χ2v) is 7.82. The van der Waals surface area contributed by atoms with Gasteiger partial charge in [0.15, 0.2) is 5.96 Å². The summed E-state index contributed by atoms with van der Waals surface area (Å²) in [7, 11) is 1.67. The molecule has 28 heavy (non-hydrogen) atoms. The van der Waals surface area contributed by atoms with Crippen molar-refractivity contribution in [2.75, 3.05) is 39.8 Å². The fourth-order valence-electron chi connectivity index (χ4n) is 3.82. The summed E-state index contributed by atoms with van der Waals surface area (Å²) in [5, 5.41) is 9.52. The van der Waals surface area contributed by atoms with Gasteiger partial charge in [-0.1, -0.05) is 18.2 Å². The maximum atomic E-state index is 14.2. The third-order valence-electron chi connectivity index (χ3n) is 5.76. The minimum Gasteiger partial charge on any atom is -0.358 e. The van der Waals surface area contributed by atoms with E-state index in [1.807, 2.05) is 19.1 Å². The van der Waals surface area contributed by atoms with Crippen molar-refractivity contribution in [3.8, 4) is 0 Å². The standard InChI is InChI=1S/C21H32FN5O/c1-3-24-20(26-16-8-12-27(13-9-16)14-19(28)23-2)25-15-21(10-11-21)17-6-4-5-7-18(17)22/h4-7,16H,3,8-15H2,1-2H3,(H,23,28)(H2,24,25,26). The monoisotopic (exact) mass is 389 g/mol. The van der Waals surface area contributed by atoms with E-state index in [0.29, 0.717) is 19.1 Å². The fourth-order valence-corrected chi connectivity index (χ4v) is 3.82. The Bertz CT molecular complexity index is 696. The summed E-state index contributed by atoms with van der Waals surface area (Å²) in [6.07, 6.45) is 3.91. The van der Waals surface area contributed by atoms with Gasteiger partial charge in [0.1, 0.15) is 5.82 Å². The summed E-state index contributed by atoms with van der Waals surface area (Å²) in [6.45, 7) is 5.68. The van der Waals surface area contributed by atoms with E-state index in [-0.39, 0.29) is 17.1 Å². The van der Waals surface area contributed by atoms with Crippen LogP contribution in [-0.2, 0) is 10.2 Å². The van der Waals surface area contributed by atoms with E-state index >= 15 is 0 Å². The van der Waals surface area contributed by atoms with Gasteiger partial charge in [0, 0.05) is 38.1 Å². The van der Waals surface area contributed by atoms with E-state index in [1.54, 1.807) is 13.1 Å². The molecule has 1 aliphatic carbocycles. The summed E-state index contributed by atoms with van der Waals surface area (Å²) in [4.78, 5) is 18.5. The summed E-state index contributed by atoms with van der Waals surface area (Å²) < 4.78 is 14.2. The summed E-state index contributed by atoms with van der Waals surface area (Å²) in [5.74, 6) is 0.732. The molecule has 0 bridgehead atoms. The molecule has 0 atom stereocenters. The number of likely N-dealkylation sites (tertiary alicyclic amines) is 1. The lowest BCUT2D eigenvalue weighted by atomic mass is 9.95. The zero-order valence-electron chi connectivity index (χ0n) is 16.9. The van der Waals surface area contributed by atoms with Crippen LogP contribution in [0.3, 0.4) is 0 Å². The zero-order valence-corrected chi connectivity index (χ0v) is 16.9. The number of halogens is 1. The lowest BCUT2D eigenvalue weighted by molar-refractivity contribution is -0.122. The summed E-state index contributed by atoms with van der Waals surface area (Å²) in [6, 6.07) is 7.40. The number of benzene rings is 1. The van der Waals surface area contributed by atoms with Crippen molar-refractivity contribution in [3.63, 3.8) is 0 Å². The molecule has 0 unspecified atom stereocenters. The van der Waals surface area contributed by atoms with E-state index in [2.05, 4.69) is 20.9 Å². The molecule has 1 amide bonds. The van der Waals surface area contributed by atoms with Crippen LogP contribution in [0.1, 0.15) is 38.2 Å². The SMILES string of the molecule is CCNC(=NCC1(c2ccccc2F)CC1)NC1CCN(CC(=O)NC)CC1. The lowest BCUT2D eigenvalue weighted by Crippen LogP contribution is -2.50. The van der Waals surface area contributed by atoms with Crippen LogP contribution in [0.25, 0.3) is 0 Å². The van der Waals surface area contributed by atoms with Crippen molar-refractivity contribution in [1.82, 2.24) is 20.9 Å². The average molecular weight is 390 g/mol. The third kappa shape index (κ3) is 5.22. The van der Waals surface area contributed by atoms with Gasteiger partial charge in [-0.3, -0.25) is 14.7 Å². The second kappa shape index (κ2) is 9.37. The van der Waals surface area contributed by atoms with Crippen LogP contribution in [0.2, 0.25) is 0 Å². The molecule has 2 aliphatic rings. The molecular weight excluding hydrogens is 357 g/mol. The van der Waals surface area contributed by atoms with Crippen molar-refractivity contribution in [1.29, 1.82) is 0 Å². The summed E-state index contributed by atoms with van der Waals surface area (Å²) >= 11 is 0. The highest BCUT2D eigenvalue weighted by atomic mass is 19.1. The number of likely N-dealkylation sites (N-methyl/N-ethyl adjacent to an activating group) is 1. The number of carbonyl (C=O) groups excluding carboxylic acids is 1. The van der Waals surface area contributed by atoms with Gasteiger partial charge >= 0.3 is 0 Å². The van der Waals surface area contributed by atoms with Crippen LogP contribution in [0.15, 0.2) is 29.3 Å². The van der Waals surface area contributed by atoms with E-state index in [9.17, 15) is 9.18 Å². The van der Waals surface area contributed by atoms with Gasteiger partial charge in [0.05, 0.1) is 13.1 Å². The number of carbonyl (C=O) groups is 1. The van der Waals surface area contributed by atoms with E-state index in [1.165, 1.54) is 6.07 Å². The van der Waals surface area contributed by atoms with E-state index in [0.717, 1.165) is 56.8 Å². The van der Waals surface area contributed by atoms with Gasteiger partial charge in [-0.2, -0.15) is 0 Å². The summed E-state index contributed by atoms with van der Waals surface area (Å²) in [5.41, 5.74) is 0.641. The van der Waals surface area contributed by atoms with Gasteiger partial charge in [0.2, 0.25) is 5.91 Å². The van der Waals surface area contributed by atoms with Gasteiger partial charge in [0.25, 0.3) is 0 Å². The number of piperidine rings is 1. The first kappa shape index (κ1) is 20.6. The predicted octanol–water partition coefficient (Wildman–Crippen LogP) is 1.62. The van der Waals surface area contributed by atoms with Gasteiger partial charge in [-0.25, -0.2) is 4.39 Å². The lowest BCUT2D eigenvalue weighted by Gasteiger charge is -2.32. The first-order valence-corrected chi connectivity index (χ1v) is 10.3. The molecule has 6 nitrogen and oxygen atoms in total. The molecule has 3 N–H and O–H groups in total. The maximum Gasteiger partial charge on any atom is 0.233 e. The minimum absolute atomic E-state index is 0.0594. The minimum atomic E-state index is -0.148. The van der Waals surface area contributed by atoms with Crippen LogP contribution in [0.4, 0.5) is 4.39 Å². The number of hydrogen-bond acceptors (Lipinski definition) is 3. The Kier molecular flexibility index (Phi) is 6.88. The van der Waals surface area contributed by atoms with Gasteiger partial charge in [-0.05, 0) is 44.2 Å². The molecule has 0 spiro atoms. The molecule has 1 saturated heterocycles. The van der Waals surface area contributed by atoms with Crippen LogP contribution < -0.4 is 16.0 Å². The molecule has 1 saturated carbocycles. The maximum absolute atomic E-state index is 14.2. The molecular formula is C21H32FN5O. The van der Waals surface area contributed by atoms with Crippen molar-refractivity contribution in [2.24, 2.45) is 4.99 Å². The van der Waals surface area contributed by atoms with Crippen LogP contribution in [0.5, 0.6) is 0 Å². The Hall–Kier alpha value is -2.15. The highest BCUT2D eigenvalue weighted by Crippen LogP contribution is 2.49. The Labute approximate surface area is 167 Å². The largest absolute Gasteiger partial charge is 0.358 e. The number of nitrogens with zero attached hydrogens (tertiary/aromatic N) is 2. The smallest absolute Gasteiger partial charge is 0.233 e. The topological polar surface area (TPSA) is 68.8 Å². The van der Waals surface area contributed by atoms with Crippen molar-refractivity contribution >= 4 is 11.9 Å². The number of hydrogen-bond donors (Lipinski definition) is 3. The Morgan fingerprint density at radius 2 is 2.00 bits per heavy atom. The molecule has 3 rings (SSSR count). The van der Waals surface area contributed by atoms with E-state index in [4.69, 9.17) is 4.99 Å². The first-order chi connectivity index (χ1) is 13.6. The zero-order chi connectivity index (χ0) is 20.0. The van der Waals surface area contributed by atoms with E-state index < -0.39 is 0 Å². The van der Waals surface area contributed by atoms with Crippen LogP contribution in [-0.4, -0.2) is 62.6 Å². The van der Waals surface area contributed by atoms with Crippen molar-refractivity contribution in [2.45, 2.75) is 44.1 Å². The molecule has 1 aromatic rings. The number of amides is 1. The number of rotatable bonds is 7. The third-order valence-corrected chi connectivity index (χ3v) is 5.76. The Morgan fingerprint density at radius 3 is 2.61 bits per heavy atom. The average Bonchev–Trinajstić information content (AvgIpc) is 3.49. The normalized spacial score (nSPS) is 19.9. The Balaban J connectivity index is 1.56. The van der Waals surface area contributed by atoms with Gasteiger partial charge in [-0.15, -0.1) is 0 Å². The molecule has 7 heteroatoms. The van der Waals surface area contributed by atoms with Crippen molar-refractivity contribution < 1.29 is 9.18 Å². The van der Waals surface area contributed by atoms with Gasteiger partial charge < -0.3 is 16.0 Å². The second-order valence-electron chi connectivity index (χ2n) is 7.82. The highest BCUT2D eigenvalue weighted by Gasteiger charge is 2.45. The molecule has 1 aromatic carbocycles. The van der Waals surface area contributed by atoms with Crippen LogP contribution in [0, 0.1) is 5.82 Å². The van der Waals surface area contributed by atoms with Crippen LogP contribution >= 0.6 is 0 Å². The first-order valence-electron chi connectivity index (χ1n) is 10.3. The highest BCUT2D eigenvalue weighted by molar-refractivity contribution is 5.80. The van der Waals surface area contributed by atoms with Crippen molar-refractivity contribution in [3.05, 3.63) is 35.6 Å². The molecule has 154 valence electrons. The molecule has 2 fully saturated rings. The Morgan fingerprint density at radius 1 is 1.29 bits per heavy atom. The molecule has 0 aromatic heterocycles. The molecule has 1 aliphatic heterocycles.